The van der Waals surface area contributed by atoms with Crippen LogP contribution in [0.4, 0.5) is 0 Å². The Balaban J connectivity index is 2.09. The number of aryl methyl sites for hydroxylation is 2. The van der Waals surface area contributed by atoms with Crippen molar-refractivity contribution in [1.29, 1.82) is 0 Å². The molecule has 0 saturated heterocycles. The van der Waals surface area contributed by atoms with E-state index >= 15 is 0 Å². The molecule has 6 nitrogen and oxygen atoms in total. The van der Waals surface area contributed by atoms with Gasteiger partial charge in [-0.1, -0.05) is 0 Å². The molecule has 2 aromatic heterocycles. The molecular weight excluding hydrogens is 346 g/mol. The summed E-state index contributed by atoms with van der Waals surface area (Å²) < 4.78 is 4.59. The standard InChI is InChI=1S/C15H22BrN5O/c1-6-20-11(3)13(10(2)18-20)8-19(5)15(22)9-21-12(4)14(16)7-17-21/h7H,6,8-9H2,1-5H3. The third kappa shape index (κ3) is 3.24. The molecule has 0 aliphatic carbocycles. The largest absolute Gasteiger partial charge is 0.340 e. The summed E-state index contributed by atoms with van der Waals surface area (Å²) in [4.78, 5) is 14.1. The Kier molecular flexibility index (Phi) is 5.05. The monoisotopic (exact) mass is 367 g/mol. The SMILES string of the molecule is CCn1nc(C)c(CN(C)C(=O)Cn2ncc(Br)c2C)c1C. The number of hydrogen-bond donors (Lipinski definition) is 0. The van der Waals surface area contributed by atoms with Crippen molar-refractivity contribution in [3.63, 3.8) is 0 Å². The maximum Gasteiger partial charge on any atom is 0.244 e. The molecule has 7 heteroatoms. The lowest BCUT2D eigenvalue weighted by Crippen LogP contribution is -2.30. The number of carbonyl (C=O) groups excluding carboxylic acids is 1. The maximum absolute atomic E-state index is 12.4. The topological polar surface area (TPSA) is 56.0 Å². The number of rotatable bonds is 5. The van der Waals surface area contributed by atoms with E-state index < -0.39 is 0 Å². The number of hydrogen-bond acceptors (Lipinski definition) is 3. The van der Waals surface area contributed by atoms with Crippen molar-refractivity contribution >= 4 is 21.8 Å². The Morgan fingerprint density at radius 1 is 1.27 bits per heavy atom. The fourth-order valence-electron chi connectivity index (χ4n) is 2.43. The van der Waals surface area contributed by atoms with Crippen molar-refractivity contribution in [1.82, 2.24) is 24.5 Å². The molecule has 2 heterocycles. The van der Waals surface area contributed by atoms with Crippen LogP contribution < -0.4 is 0 Å². The summed E-state index contributed by atoms with van der Waals surface area (Å²) in [5.74, 6) is 0.0294. The quantitative estimate of drug-likeness (QED) is 0.815. The molecular formula is C15H22BrN5O. The Labute approximate surface area is 139 Å². The molecule has 0 aliphatic heterocycles. The summed E-state index contributed by atoms with van der Waals surface area (Å²) in [7, 11) is 1.82. The highest BCUT2D eigenvalue weighted by atomic mass is 79.9. The summed E-state index contributed by atoms with van der Waals surface area (Å²) in [5.41, 5.74) is 4.18. The van der Waals surface area contributed by atoms with E-state index in [1.807, 2.05) is 32.5 Å². The zero-order chi connectivity index (χ0) is 16.4. The van der Waals surface area contributed by atoms with Gasteiger partial charge in [0, 0.05) is 31.4 Å². The van der Waals surface area contributed by atoms with Crippen LogP contribution in [0.5, 0.6) is 0 Å². The molecule has 0 aromatic carbocycles. The van der Waals surface area contributed by atoms with Crippen molar-refractivity contribution in [2.24, 2.45) is 0 Å². The molecule has 1 amide bonds. The second-order valence-corrected chi connectivity index (χ2v) is 6.30. The van der Waals surface area contributed by atoms with E-state index in [1.165, 1.54) is 0 Å². The zero-order valence-corrected chi connectivity index (χ0v) is 15.3. The minimum atomic E-state index is 0.0294. The van der Waals surface area contributed by atoms with Gasteiger partial charge in [-0.15, -0.1) is 0 Å². The lowest BCUT2D eigenvalue weighted by atomic mass is 10.2. The van der Waals surface area contributed by atoms with Crippen LogP contribution in [0.15, 0.2) is 10.7 Å². The van der Waals surface area contributed by atoms with E-state index in [2.05, 4.69) is 33.1 Å². The number of amides is 1. The number of carbonyl (C=O) groups is 1. The van der Waals surface area contributed by atoms with E-state index in [0.29, 0.717) is 6.54 Å². The van der Waals surface area contributed by atoms with E-state index in [0.717, 1.165) is 33.7 Å². The first kappa shape index (κ1) is 16.7. The van der Waals surface area contributed by atoms with Gasteiger partial charge in [-0.05, 0) is 43.6 Å². The van der Waals surface area contributed by atoms with Crippen LogP contribution in [0, 0.1) is 20.8 Å². The molecule has 2 rings (SSSR count). The van der Waals surface area contributed by atoms with Crippen molar-refractivity contribution in [3.8, 4) is 0 Å². The average Bonchev–Trinajstić information content (AvgIpc) is 2.94. The molecule has 0 aliphatic rings. The van der Waals surface area contributed by atoms with Crippen LogP contribution in [0.2, 0.25) is 0 Å². The number of nitrogens with zero attached hydrogens (tertiary/aromatic N) is 5. The van der Waals surface area contributed by atoms with Crippen LogP contribution in [0.3, 0.4) is 0 Å². The van der Waals surface area contributed by atoms with Crippen LogP contribution in [-0.4, -0.2) is 37.4 Å². The summed E-state index contributed by atoms with van der Waals surface area (Å²) in [6.45, 7) is 9.69. The number of likely N-dealkylation sites (N-methyl/N-ethyl adjacent to an activating group) is 1. The minimum Gasteiger partial charge on any atom is -0.340 e. The smallest absolute Gasteiger partial charge is 0.244 e. The highest BCUT2D eigenvalue weighted by molar-refractivity contribution is 9.10. The summed E-state index contributed by atoms with van der Waals surface area (Å²) in [6.07, 6.45) is 1.71. The molecule has 0 saturated carbocycles. The highest BCUT2D eigenvalue weighted by Crippen LogP contribution is 2.17. The Hall–Kier alpha value is -1.63. The van der Waals surface area contributed by atoms with Gasteiger partial charge in [-0.25, -0.2) is 0 Å². The first-order chi connectivity index (χ1) is 10.3. The third-order valence-electron chi connectivity index (χ3n) is 3.98. The fourth-order valence-corrected chi connectivity index (χ4v) is 2.72. The minimum absolute atomic E-state index is 0.0294. The van der Waals surface area contributed by atoms with Gasteiger partial charge >= 0.3 is 0 Å². The molecule has 22 heavy (non-hydrogen) atoms. The van der Waals surface area contributed by atoms with Gasteiger partial charge in [0.05, 0.1) is 22.1 Å². The van der Waals surface area contributed by atoms with Gasteiger partial charge in [0.1, 0.15) is 6.54 Å². The molecule has 0 fully saturated rings. The lowest BCUT2D eigenvalue weighted by Gasteiger charge is -2.18. The predicted molar refractivity (Wildman–Crippen MR) is 88.5 cm³/mol. The Morgan fingerprint density at radius 2 is 1.95 bits per heavy atom. The third-order valence-corrected chi connectivity index (χ3v) is 4.76. The van der Waals surface area contributed by atoms with E-state index in [-0.39, 0.29) is 12.5 Å². The normalized spacial score (nSPS) is 11.0. The molecule has 120 valence electrons. The predicted octanol–water partition coefficient (Wildman–Crippen LogP) is 2.45. The molecule has 0 atom stereocenters. The van der Waals surface area contributed by atoms with Crippen molar-refractivity contribution in [3.05, 3.63) is 33.3 Å². The van der Waals surface area contributed by atoms with E-state index in [9.17, 15) is 4.79 Å². The summed E-state index contributed by atoms with van der Waals surface area (Å²) in [5, 5.41) is 8.70. The molecule has 2 aromatic rings. The van der Waals surface area contributed by atoms with Crippen LogP contribution in [-0.2, 0) is 24.4 Å². The lowest BCUT2D eigenvalue weighted by molar-refractivity contribution is -0.131. The van der Waals surface area contributed by atoms with Gasteiger partial charge in [-0.2, -0.15) is 10.2 Å². The van der Waals surface area contributed by atoms with Crippen LogP contribution >= 0.6 is 15.9 Å². The maximum atomic E-state index is 12.4. The van der Waals surface area contributed by atoms with Gasteiger partial charge in [-0.3, -0.25) is 14.2 Å². The van der Waals surface area contributed by atoms with Gasteiger partial charge in [0.15, 0.2) is 0 Å². The summed E-state index contributed by atoms with van der Waals surface area (Å²) in [6, 6.07) is 0. The molecule has 0 N–H and O–H groups in total. The van der Waals surface area contributed by atoms with Crippen molar-refractivity contribution in [2.45, 2.75) is 47.3 Å². The number of halogens is 1. The number of aromatic nitrogens is 4. The average molecular weight is 368 g/mol. The van der Waals surface area contributed by atoms with Crippen LogP contribution in [0.25, 0.3) is 0 Å². The second-order valence-electron chi connectivity index (χ2n) is 5.45. The first-order valence-electron chi connectivity index (χ1n) is 7.29. The second kappa shape index (κ2) is 6.64. The van der Waals surface area contributed by atoms with Crippen molar-refractivity contribution in [2.75, 3.05) is 7.05 Å². The Morgan fingerprint density at radius 3 is 2.45 bits per heavy atom. The van der Waals surface area contributed by atoms with Crippen LogP contribution in [0.1, 0.15) is 29.6 Å². The van der Waals surface area contributed by atoms with E-state index in [4.69, 9.17) is 0 Å². The molecule has 0 bridgehead atoms. The molecule has 0 unspecified atom stereocenters. The van der Waals surface area contributed by atoms with Gasteiger partial charge in [0.25, 0.3) is 0 Å². The summed E-state index contributed by atoms with van der Waals surface area (Å²) >= 11 is 3.41. The first-order valence-corrected chi connectivity index (χ1v) is 8.09. The molecule has 0 radical (unpaired) electrons. The Bertz CT molecular complexity index is 688. The zero-order valence-electron chi connectivity index (χ0n) is 13.7. The van der Waals surface area contributed by atoms with E-state index in [1.54, 1.807) is 15.8 Å². The van der Waals surface area contributed by atoms with Gasteiger partial charge < -0.3 is 4.90 Å². The molecule has 0 spiro atoms. The van der Waals surface area contributed by atoms with Crippen molar-refractivity contribution < 1.29 is 4.79 Å². The highest BCUT2D eigenvalue weighted by Gasteiger charge is 2.17. The fraction of sp³-hybridized carbons (Fsp3) is 0.533. The van der Waals surface area contributed by atoms with Gasteiger partial charge in [0.2, 0.25) is 5.91 Å².